The average Bonchev–Trinajstić information content (AvgIpc) is 3.04. The number of imidazole rings is 1. The van der Waals surface area contributed by atoms with Crippen LogP contribution in [0.2, 0.25) is 0 Å². The normalized spacial score (nSPS) is 11.1. The van der Waals surface area contributed by atoms with E-state index >= 15 is 0 Å². The molecule has 27 heavy (non-hydrogen) atoms. The van der Waals surface area contributed by atoms with E-state index in [1.54, 1.807) is 24.1 Å². The molecule has 136 valence electrons. The second kappa shape index (κ2) is 7.05. The fourth-order valence-electron chi connectivity index (χ4n) is 3.18. The van der Waals surface area contributed by atoms with Gasteiger partial charge in [-0.1, -0.05) is 18.2 Å². The SMILES string of the molecule is COCc1cc(=O)[nH]c2cc(NC(=O)Cn3cnc4ccccc43)ccc12. The predicted molar refractivity (Wildman–Crippen MR) is 104 cm³/mol. The highest BCUT2D eigenvalue weighted by atomic mass is 16.5. The molecule has 4 rings (SSSR count). The van der Waals surface area contributed by atoms with Crippen LogP contribution in [-0.4, -0.2) is 27.6 Å². The van der Waals surface area contributed by atoms with Crippen molar-refractivity contribution in [2.24, 2.45) is 0 Å². The van der Waals surface area contributed by atoms with E-state index in [-0.39, 0.29) is 18.0 Å². The Morgan fingerprint density at radius 1 is 1.22 bits per heavy atom. The lowest BCUT2D eigenvalue weighted by atomic mass is 10.1. The Morgan fingerprint density at radius 3 is 2.93 bits per heavy atom. The van der Waals surface area contributed by atoms with Crippen molar-refractivity contribution in [2.75, 3.05) is 12.4 Å². The third-order valence-corrected chi connectivity index (χ3v) is 4.35. The van der Waals surface area contributed by atoms with Crippen LogP contribution in [0.25, 0.3) is 21.9 Å². The molecule has 0 atom stereocenters. The number of fused-ring (bicyclic) bond motifs is 2. The van der Waals surface area contributed by atoms with Gasteiger partial charge in [-0.15, -0.1) is 0 Å². The summed E-state index contributed by atoms with van der Waals surface area (Å²) in [6, 6.07) is 14.6. The molecule has 1 amide bonds. The summed E-state index contributed by atoms with van der Waals surface area (Å²) in [7, 11) is 1.58. The number of carbonyl (C=O) groups excluding carboxylic acids is 1. The van der Waals surface area contributed by atoms with Crippen molar-refractivity contribution in [3.05, 3.63) is 70.8 Å². The molecule has 0 aliphatic heterocycles. The van der Waals surface area contributed by atoms with Crippen molar-refractivity contribution < 1.29 is 9.53 Å². The number of H-pyrrole nitrogens is 1. The number of para-hydroxylation sites is 2. The summed E-state index contributed by atoms with van der Waals surface area (Å²) in [4.78, 5) is 31.4. The first-order chi connectivity index (χ1) is 13.1. The van der Waals surface area contributed by atoms with Crippen molar-refractivity contribution in [2.45, 2.75) is 13.2 Å². The van der Waals surface area contributed by atoms with E-state index in [0.717, 1.165) is 22.0 Å². The first-order valence-electron chi connectivity index (χ1n) is 8.48. The predicted octanol–water partition coefficient (Wildman–Crippen LogP) is 2.66. The molecule has 7 nitrogen and oxygen atoms in total. The van der Waals surface area contributed by atoms with Crippen LogP contribution in [0.15, 0.2) is 59.7 Å². The molecular formula is C20H18N4O3. The number of pyridine rings is 1. The standard InChI is InChI=1S/C20H18N4O3/c1-27-11-13-8-19(25)23-17-9-14(6-7-15(13)17)22-20(26)10-24-12-21-16-4-2-3-5-18(16)24/h2-9,12H,10-11H2,1H3,(H,22,26)(H,23,25). The zero-order valence-electron chi connectivity index (χ0n) is 14.7. The average molecular weight is 362 g/mol. The van der Waals surface area contributed by atoms with Crippen LogP contribution in [0, 0.1) is 0 Å². The van der Waals surface area contributed by atoms with Crippen molar-refractivity contribution in [3.63, 3.8) is 0 Å². The van der Waals surface area contributed by atoms with Gasteiger partial charge in [0.25, 0.3) is 0 Å². The van der Waals surface area contributed by atoms with E-state index in [1.165, 1.54) is 6.07 Å². The Labute approximate surface area is 154 Å². The number of hydrogen-bond acceptors (Lipinski definition) is 4. The molecule has 0 spiro atoms. The molecule has 0 saturated carbocycles. The summed E-state index contributed by atoms with van der Waals surface area (Å²) in [6.07, 6.45) is 1.65. The van der Waals surface area contributed by atoms with Crippen LogP contribution in [0.5, 0.6) is 0 Å². The Balaban J connectivity index is 1.57. The summed E-state index contributed by atoms with van der Waals surface area (Å²) < 4.78 is 6.94. The second-order valence-electron chi connectivity index (χ2n) is 6.26. The van der Waals surface area contributed by atoms with Gasteiger partial charge in [-0.25, -0.2) is 4.98 Å². The number of rotatable bonds is 5. The summed E-state index contributed by atoms with van der Waals surface area (Å²) in [5.41, 5.74) is 3.61. The van der Waals surface area contributed by atoms with Crippen LogP contribution >= 0.6 is 0 Å². The second-order valence-corrected chi connectivity index (χ2v) is 6.26. The molecule has 0 aliphatic rings. The van der Waals surface area contributed by atoms with Gasteiger partial charge in [-0.05, 0) is 29.8 Å². The zero-order valence-corrected chi connectivity index (χ0v) is 14.7. The van der Waals surface area contributed by atoms with E-state index in [0.29, 0.717) is 17.8 Å². The highest BCUT2D eigenvalue weighted by Crippen LogP contribution is 2.20. The first-order valence-corrected chi connectivity index (χ1v) is 8.48. The van der Waals surface area contributed by atoms with Crippen molar-refractivity contribution in [1.82, 2.24) is 14.5 Å². The fraction of sp³-hybridized carbons (Fsp3) is 0.150. The third kappa shape index (κ3) is 3.45. The van der Waals surface area contributed by atoms with Crippen molar-refractivity contribution in [1.29, 1.82) is 0 Å². The molecule has 7 heteroatoms. The maximum Gasteiger partial charge on any atom is 0.248 e. The molecule has 0 aliphatic carbocycles. The highest BCUT2D eigenvalue weighted by molar-refractivity contribution is 5.94. The maximum atomic E-state index is 12.4. The number of methoxy groups -OCH3 is 1. The van der Waals surface area contributed by atoms with Gasteiger partial charge < -0.3 is 19.6 Å². The van der Waals surface area contributed by atoms with Gasteiger partial charge in [-0.3, -0.25) is 9.59 Å². The van der Waals surface area contributed by atoms with E-state index in [9.17, 15) is 9.59 Å². The molecule has 0 fully saturated rings. The molecular weight excluding hydrogens is 344 g/mol. The molecule has 2 N–H and O–H groups in total. The minimum absolute atomic E-state index is 0.152. The van der Waals surface area contributed by atoms with Crippen LogP contribution in [0.3, 0.4) is 0 Å². The Bertz CT molecular complexity index is 1190. The number of aromatic amines is 1. The van der Waals surface area contributed by atoms with Crippen molar-refractivity contribution >= 4 is 33.5 Å². The number of nitrogens with one attached hydrogen (secondary N) is 2. The molecule has 0 saturated heterocycles. The Kier molecular flexibility index (Phi) is 4.43. The van der Waals surface area contributed by atoms with Gasteiger partial charge in [0.05, 0.1) is 29.5 Å². The molecule has 0 unspecified atom stereocenters. The zero-order chi connectivity index (χ0) is 18.8. The number of benzene rings is 2. The number of ether oxygens (including phenoxy) is 1. The third-order valence-electron chi connectivity index (χ3n) is 4.35. The quantitative estimate of drug-likeness (QED) is 0.571. The smallest absolute Gasteiger partial charge is 0.248 e. The minimum atomic E-state index is -0.206. The molecule has 0 bridgehead atoms. The lowest BCUT2D eigenvalue weighted by molar-refractivity contribution is -0.116. The fourth-order valence-corrected chi connectivity index (χ4v) is 3.18. The molecule has 2 aromatic carbocycles. The van der Waals surface area contributed by atoms with Gasteiger partial charge in [0.2, 0.25) is 11.5 Å². The lowest BCUT2D eigenvalue weighted by Crippen LogP contribution is -2.18. The summed E-state index contributed by atoms with van der Waals surface area (Å²) >= 11 is 0. The minimum Gasteiger partial charge on any atom is -0.380 e. The molecule has 4 aromatic rings. The van der Waals surface area contributed by atoms with Gasteiger partial charge >= 0.3 is 0 Å². The molecule has 2 heterocycles. The Hall–Kier alpha value is -3.45. The number of carbonyl (C=O) groups is 1. The van der Waals surface area contributed by atoms with E-state index < -0.39 is 0 Å². The maximum absolute atomic E-state index is 12.4. The van der Waals surface area contributed by atoms with Crippen LogP contribution in [0.1, 0.15) is 5.56 Å². The molecule has 0 radical (unpaired) electrons. The van der Waals surface area contributed by atoms with Gasteiger partial charge in [0.1, 0.15) is 6.54 Å². The summed E-state index contributed by atoms with van der Waals surface area (Å²) in [5.74, 6) is -0.173. The monoisotopic (exact) mass is 362 g/mol. The number of aromatic nitrogens is 3. The Morgan fingerprint density at radius 2 is 2.07 bits per heavy atom. The largest absolute Gasteiger partial charge is 0.380 e. The first kappa shape index (κ1) is 17.0. The molecule has 2 aromatic heterocycles. The van der Waals surface area contributed by atoms with Gasteiger partial charge in [0.15, 0.2) is 0 Å². The van der Waals surface area contributed by atoms with Gasteiger partial charge in [-0.2, -0.15) is 0 Å². The van der Waals surface area contributed by atoms with Crippen LogP contribution in [0.4, 0.5) is 5.69 Å². The summed E-state index contributed by atoms with van der Waals surface area (Å²) in [6.45, 7) is 0.499. The highest BCUT2D eigenvalue weighted by Gasteiger charge is 2.09. The number of amides is 1. The van der Waals surface area contributed by atoms with Crippen molar-refractivity contribution in [3.8, 4) is 0 Å². The van der Waals surface area contributed by atoms with E-state index in [1.807, 2.05) is 36.4 Å². The van der Waals surface area contributed by atoms with Crippen LogP contribution in [-0.2, 0) is 22.7 Å². The number of nitrogens with zero attached hydrogens (tertiary/aromatic N) is 2. The topological polar surface area (TPSA) is 89.0 Å². The van der Waals surface area contributed by atoms with E-state index in [4.69, 9.17) is 4.74 Å². The van der Waals surface area contributed by atoms with Gasteiger partial charge in [0, 0.05) is 24.2 Å². The number of anilines is 1. The number of hydrogen-bond donors (Lipinski definition) is 2. The lowest BCUT2D eigenvalue weighted by Gasteiger charge is -2.10. The van der Waals surface area contributed by atoms with Crippen LogP contribution < -0.4 is 10.9 Å². The van der Waals surface area contributed by atoms with E-state index in [2.05, 4.69) is 15.3 Å². The summed E-state index contributed by atoms with van der Waals surface area (Å²) in [5, 5.41) is 3.75.